The molecule has 1 rings (SSSR count). The van der Waals surface area contributed by atoms with Gasteiger partial charge in [0.2, 0.25) is 0 Å². The number of nitrogens with zero attached hydrogens (tertiary/aromatic N) is 2. The van der Waals surface area contributed by atoms with Crippen molar-refractivity contribution in [1.29, 1.82) is 0 Å². The summed E-state index contributed by atoms with van der Waals surface area (Å²) in [5.41, 5.74) is 0.368. The van der Waals surface area contributed by atoms with Gasteiger partial charge < -0.3 is 15.1 Å². The van der Waals surface area contributed by atoms with Gasteiger partial charge in [-0.15, -0.1) is 0 Å². The number of nitrogens with one attached hydrogen (secondary N) is 1. The second-order valence-electron chi connectivity index (χ2n) is 5.49. The van der Waals surface area contributed by atoms with Crippen LogP contribution in [0.3, 0.4) is 0 Å². The van der Waals surface area contributed by atoms with Crippen molar-refractivity contribution in [3.8, 4) is 0 Å². The van der Waals surface area contributed by atoms with Crippen LogP contribution < -0.4 is 5.32 Å². The third-order valence-corrected chi connectivity index (χ3v) is 3.22. The summed E-state index contributed by atoms with van der Waals surface area (Å²) >= 11 is 0. The summed E-state index contributed by atoms with van der Waals surface area (Å²) in [7, 11) is 6.51. The molecule has 1 unspecified atom stereocenters. The van der Waals surface area contributed by atoms with Crippen LogP contribution >= 0.6 is 0 Å². The maximum Gasteiger partial charge on any atom is 0.0280 e. The van der Waals surface area contributed by atoms with Gasteiger partial charge in [0.15, 0.2) is 0 Å². The normalized spacial score (nSPS) is 26.8. The van der Waals surface area contributed by atoms with Crippen LogP contribution in [0.1, 0.15) is 26.2 Å². The first kappa shape index (κ1) is 12.9. The van der Waals surface area contributed by atoms with Crippen LogP contribution in [-0.2, 0) is 0 Å². The molecular formula is C12H27N3. The van der Waals surface area contributed by atoms with E-state index in [1.165, 1.54) is 45.4 Å². The Bertz CT molecular complexity index is 174. The van der Waals surface area contributed by atoms with E-state index in [0.717, 1.165) is 0 Å². The zero-order chi connectivity index (χ0) is 11.3. The molecule has 0 aliphatic carbocycles. The van der Waals surface area contributed by atoms with E-state index in [9.17, 15) is 0 Å². The lowest BCUT2D eigenvalue weighted by Gasteiger charge is -2.30. The maximum absolute atomic E-state index is 3.61. The van der Waals surface area contributed by atoms with Crippen molar-refractivity contribution >= 4 is 0 Å². The Morgan fingerprint density at radius 2 is 1.93 bits per heavy atom. The van der Waals surface area contributed by atoms with E-state index < -0.39 is 0 Å². The fourth-order valence-electron chi connectivity index (χ4n) is 2.42. The van der Waals surface area contributed by atoms with E-state index in [2.05, 4.69) is 43.2 Å². The van der Waals surface area contributed by atoms with Crippen molar-refractivity contribution in [2.75, 3.05) is 47.3 Å². The highest BCUT2D eigenvalue weighted by molar-refractivity contribution is 4.90. The fraction of sp³-hybridized carbons (Fsp3) is 1.00. The van der Waals surface area contributed by atoms with E-state index in [4.69, 9.17) is 0 Å². The first-order valence-corrected chi connectivity index (χ1v) is 6.10. The summed E-state index contributed by atoms with van der Waals surface area (Å²) in [6.07, 6.45) is 3.92. The molecule has 0 aromatic heterocycles. The average Bonchev–Trinajstić information content (AvgIpc) is 2.50. The minimum Gasteiger partial charge on any atom is -0.310 e. The number of likely N-dealkylation sites (N-methyl/N-ethyl adjacent to an activating group) is 1. The molecule has 0 bridgehead atoms. The van der Waals surface area contributed by atoms with Crippen molar-refractivity contribution in [2.45, 2.75) is 31.7 Å². The summed E-state index contributed by atoms with van der Waals surface area (Å²) in [5.74, 6) is 0. The molecule has 3 nitrogen and oxygen atoms in total. The molecule has 3 heteroatoms. The van der Waals surface area contributed by atoms with E-state index in [-0.39, 0.29) is 0 Å². The van der Waals surface area contributed by atoms with Gasteiger partial charge in [-0.1, -0.05) is 0 Å². The molecule has 1 saturated heterocycles. The molecule has 1 aliphatic rings. The van der Waals surface area contributed by atoms with Gasteiger partial charge in [-0.3, -0.25) is 0 Å². The van der Waals surface area contributed by atoms with Gasteiger partial charge >= 0.3 is 0 Å². The Balaban J connectivity index is 2.14. The van der Waals surface area contributed by atoms with Crippen molar-refractivity contribution < 1.29 is 0 Å². The van der Waals surface area contributed by atoms with Gasteiger partial charge in [0.25, 0.3) is 0 Å². The largest absolute Gasteiger partial charge is 0.310 e. The molecule has 1 atom stereocenters. The summed E-state index contributed by atoms with van der Waals surface area (Å²) in [5, 5.41) is 3.61. The minimum atomic E-state index is 0.368. The monoisotopic (exact) mass is 213 g/mol. The summed E-state index contributed by atoms with van der Waals surface area (Å²) in [6.45, 7) is 7.12. The van der Waals surface area contributed by atoms with Gasteiger partial charge in [0.1, 0.15) is 0 Å². The molecule has 1 fully saturated rings. The lowest BCUT2D eigenvalue weighted by Crippen LogP contribution is -2.46. The lowest BCUT2D eigenvalue weighted by molar-refractivity contribution is 0.229. The summed E-state index contributed by atoms with van der Waals surface area (Å²) in [4.78, 5) is 4.71. The molecule has 15 heavy (non-hydrogen) atoms. The second kappa shape index (κ2) is 5.83. The lowest BCUT2D eigenvalue weighted by atomic mass is 10.00. The van der Waals surface area contributed by atoms with Crippen molar-refractivity contribution in [1.82, 2.24) is 15.1 Å². The molecule has 1 aliphatic heterocycles. The van der Waals surface area contributed by atoms with Crippen LogP contribution in [0, 0.1) is 0 Å². The van der Waals surface area contributed by atoms with E-state index in [1.807, 2.05) is 0 Å². The van der Waals surface area contributed by atoms with Crippen molar-refractivity contribution in [2.24, 2.45) is 0 Å². The van der Waals surface area contributed by atoms with Crippen molar-refractivity contribution in [3.05, 3.63) is 0 Å². The van der Waals surface area contributed by atoms with Gasteiger partial charge in [-0.2, -0.15) is 0 Å². The number of hydrogen-bond acceptors (Lipinski definition) is 3. The zero-order valence-corrected chi connectivity index (χ0v) is 10.8. The highest BCUT2D eigenvalue weighted by Crippen LogP contribution is 2.19. The first-order valence-electron chi connectivity index (χ1n) is 6.10. The first-order chi connectivity index (χ1) is 7.02. The predicted octanol–water partition coefficient (Wildman–Crippen LogP) is 1.01. The van der Waals surface area contributed by atoms with E-state index in [0.29, 0.717) is 5.54 Å². The second-order valence-corrected chi connectivity index (χ2v) is 5.49. The molecule has 0 radical (unpaired) electrons. The third kappa shape index (κ3) is 4.96. The molecule has 90 valence electrons. The molecule has 0 aromatic rings. The molecular weight excluding hydrogens is 186 g/mol. The number of hydrogen-bond donors (Lipinski definition) is 1. The van der Waals surface area contributed by atoms with Gasteiger partial charge in [-0.25, -0.2) is 0 Å². The van der Waals surface area contributed by atoms with Crippen LogP contribution in [0.2, 0.25) is 0 Å². The minimum absolute atomic E-state index is 0.368. The van der Waals surface area contributed by atoms with Gasteiger partial charge in [-0.05, 0) is 67.0 Å². The van der Waals surface area contributed by atoms with Crippen molar-refractivity contribution in [3.63, 3.8) is 0 Å². The Morgan fingerprint density at radius 1 is 1.20 bits per heavy atom. The van der Waals surface area contributed by atoms with Gasteiger partial charge in [0.05, 0.1) is 0 Å². The zero-order valence-electron chi connectivity index (χ0n) is 10.8. The summed E-state index contributed by atoms with van der Waals surface area (Å²) in [6, 6.07) is 0. The topological polar surface area (TPSA) is 18.5 Å². The fourth-order valence-corrected chi connectivity index (χ4v) is 2.42. The van der Waals surface area contributed by atoms with Crippen LogP contribution in [0.15, 0.2) is 0 Å². The number of rotatable bonds is 6. The molecule has 1 N–H and O–H groups in total. The SMILES string of the molecule is CN(C)CCCN(C)CC1(C)CCCN1. The Morgan fingerprint density at radius 3 is 2.47 bits per heavy atom. The Kier molecular flexibility index (Phi) is 5.03. The summed E-state index contributed by atoms with van der Waals surface area (Å²) < 4.78 is 0. The highest BCUT2D eigenvalue weighted by Gasteiger charge is 2.28. The predicted molar refractivity (Wildman–Crippen MR) is 66.3 cm³/mol. The molecule has 1 heterocycles. The van der Waals surface area contributed by atoms with Gasteiger partial charge in [0, 0.05) is 12.1 Å². The van der Waals surface area contributed by atoms with Crippen LogP contribution in [0.5, 0.6) is 0 Å². The third-order valence-electron chi connectivity index (χ3n) is 3.22. The average molecular weight is 213 g/mol. The molecule has 0 saturated carbocycles. The molecule has 0 spiro atoms. The van der Waals surface area contributed by atoms with Crippen LogP contribution in [-0.4, -0.2) is 62.7 Å². The standard InChI is InChI=1S/C12H27N3/c1-12(7-5-8-13-12)11-15(4)10-6-9-14(2)3/h13H,5-11H2,1-4H3. The van der Waals surface area contributed by atoms with E-state index >= 15 is 0 Å². The van der Waals surface area contributed by atoms with Crippen LogP contribution in [0.4, 0.5) is 0 Å². The highest BCUT2D eigenvalue weighted by atomic mass is 15.2. The van der Waals surface area contributed by atoms with Crippen LogP contribution in [0.25, 0.3) is 0 Å². The maximum atomic E-state index is 3.61. The van der Waals surface area contributed by atoms with E-state index in [1.54, 1.807) is 0 Å². The molecule has 0 aromatic carbocycles. The quantitative estimate of drug-likeness (QED) is 0.710. The Hall–Kier alpha value is -0.120. The molecule has 0 amide bonds. The Labute approximate surface area is 94.8 Å². The smallest absolute Gasteiger partial charge is 0.0280 e.